The molecule has 2 heterocycles. The number of hydrogen-bond donors (Lipinski definition) is 0. The lowest BCUT2D eigenvalue weighted by molar-refractivity contribution is 0.00578. The van der Waals surface area contributed by atoms with Gasteiger partial charge in [0.25, 0.3) is 0 Å². The minimum absolute atomic E-state index is 0.382. The molecule has 1 fully saturated rings. The van der Waals surface area contributed by atoms with Crippen LogP contribution in [0.1, 0.15) is 32.6 Å². The lowest BCUT2D eigenvalue weighted by Gasteiger charge is -2.32. The molecule has 3 rings (SSSR count). The maximum atomic E-state index is 14.4. The molecule has 0 N–H and O–H groups in total. The summed E-state index contributed by atoms with van der Waals surface area (Å²) in [7, 11) is -0.702. The van der Waals surface area contributed by atoms with Crippen LogP contribution in [0.4, 0.5) is 4.39 Å². The summed E-state index contributed by atoms with van der Waals surface area (Å²) in [6.45, 7) is 8.23. The number of benzene rings is 1. The first kappa shape index (κ1) is 16.5. The molecule has 0 radical (unpaired) electrons. The van der Waals surface area contributed by atoms with Gasteiger partial charge in [0.2, 0.25) is 0 Å². The van der Waals surface area contributed by atoms with Gasteiger partial charge in [-0.3, -0.25) is 0 Å². The van der Waals surface area contributed by atoms with E-state index >= 15 is 0 Å². The highest BCUT2D eigenvalue weighted by Crippen LogP contribution is 2.36. The number of rotatable bonds is 4. The number of ether oxygens (including phenoxy) is 1. The predicted octanol–water partition coefficient (Wildman–Crippen LogP) is 3.77. The highest BCUT2D eigenvalue weighted by Gasteiger charge is 2.52. The van der Waals surface area contributed by atoms with Crippen LogP contribution in [0.15, 0.2) is 35.7 Å². The molecule has 1 aliphatic heterocycles. The first-order valence-corrected chi connectivity index (χ1v) is 8.47. The summed E-state index contributed by atoms with van der Waals surface area (Å²) in [5, 5.41) is 1.99. The summed E-state index contributed by atoms with van der Waals surface area (Å²) in [6.07, 6.45) is 0. The van der Waals surface area contributed by atoms with E-state index in [9.17, 15) is 4.39 Å². The maximum Gasteiger partial charge on any atom is 0.497 e. The largest absolute Gasteiger partial charge is 0.497 e. The first-order valence-electron chi connectivity index (χ1n) is 7.59. The second-order valence-electron chi connectivity index (χ2n) is 6.64. The summed E-state index contributed by atoms with van der Waals surface area (Å²) in [5.41, 5.74) is -0.580. The standard InChI is InChI=1S/C17H20BFO3S/c1-16(2)17(3,4)22-18(21-16)14-8-7-12(10-15(14)19)20-11-13-6-5-9-23-13/h5-10H,11H2,1-4H3. The van der Waals surface area contributed by atoms with E-state index in [0.717, 1.165) is 4.88 Å². The Balaban J connectivity index is 1.73. The van der Waals surface area contributed by atoms with Crippen molar-refractivity contribution in [1.82, 2.24) is 0 Å². The van der Waals surface area contributed by atoms with Gasteiger partial charge in [-0.1, -0.05) is 12.1 Å². The molecule has 1 saturated heterocycles. The molecule has 0 spiro atoms. The van der Waals surface area contributed by atoms with Crippen molar-refractivity contribution in [3.8, 4) is 5.75 Å². The van der Waals surface area contributed by atoms with Gasteiger partial charge in [0, 0.05) is 16.4 Å². The van der Waals surface area contributed by atoms with Gasteiger partial charge in [0.1, 0.15) is 18.2 Å². The molecule has 3 nitrogen and oxygen atoms in total. The number of thiophene rings is 1. The van der Waals surface area contributed by atoms with E-state index in [1.807, 2.05) is 45.2 Å². The van der Waals surface area contributed by atoms with Gasteiger partial charge >= 0.3 is 7.12 Å². The van der Waals surface area contributed by atoms with Crippen LogP contribution in [-0.4, -0.2) is 18.3 Å². The van der Waals surface area contributed by atoms with Gasteiger partial charge in [-0.05, 0) is 45.2 Å². The van der Waals surface area contributed by atoms with Crippen LogP contribution in [0.25, 0.3) is 0 Å². The molecule has 0 aliphatic carbocycles. The van der Waals surface area contributed by atoms with Crippen molar-refractivity contribution in [2.75, 3.05) is 0 Å². The van der Waals surface area contributed by atoms with E-state index in [0.29, 0.717) is 17.8 Å². The third-order valence-corrected chi connectivity index (χ3v) is 5.29. The SMILES string of the molecule is CC1(C)OB(c2ccc(OCc3cccs3)cc2F)OC1(C)C. The van der Waals surface area contributed by atoms with Crippen molar-refractivity contribution in [3.05, 3.63) is 46.4 Å². The van der Waals surface area contributed by atoms with Crippen LogP contribution in [0.5, 0.6) is 5.75 Å². The minimum Gasteiger partial charge on any atom is -0.488 e. The van der Waals surface area contributed by atoms with Crippen molar-refractivity contribution >= 4 is 23.9 Å². The van der Waals surface area contributed by atoms with Crippen molar-refractivity contribution in [2.24, 2.45) is 0 Å². The molecule has 0 atom stereocenters. The fourth-order valence-corrected chi connectivity index (χ4v) is 2.92. The quantitative estimate of drug-likeness (QED) is 0.797. The van der Waals surface area contributed by atoms with Crippen LogP contribution < -0.4 is 10.2 Å². The third kappa shape index (κ3) is 3.29. The molecule has 6 heteroatoms. The zero-order valence-corrected chi connectivity index (χ0v) is 14.6. The Morgan fingerprint density at radius 1 is 1.13 bits per heavy atom. The molecule has 0 amide bonds. The van der Waals surface area contributed by atoms with Crippen molar-refractivity contribution < 1.29 is 18.4 Å². The molecule has 0 saturated carbocycles. The summed E-state index contributed by atoms with van der Waals surface area (Å²) < 4.78 is 31.8. The zero-order chi connectivity index (χ0) is 16.7. The van der Waals surface area contributed by atoms with Gasteiger partial charge in [0.15, 0.2) is 0 Å². The fourth-order valence-electron chi connectivity index (χ4n) is 2.31. The molecular formula is C17H20BFO3S. The predicted molar refractivity (Wildman–Crippen MR) is 90.8 cm³/mol. The Morgan fingerprint density at radius 3 is 2.39 bits per heavy atom. The van der Waals surface area contributed by atoms with Gasteiger partial charge in [-0.2, -0.15) is 0 Å². The van der Waals surface area contributed by atoms with Crippen LogP contribution in [0.2, 0.25) is 0 Å². The highest BCUT2D eigenvalue weighted by molar-refractivity contribution is 7.09. The van der Waals surface area contributed by atoms with Crippen molar-refractivity contribution in [3.63, 3.8) is 0 Å². The smallest absolute Gasteiger partial charge is 0.488 e. The molecule has 1 aromatic heterocycles. The molecule has 2 aromatic rings. The Kier molecular flexibility index (Phi) is 4.25. The van der Waals surface area contributed by atoms with E-state index in [1.54, 1.807) is 23.5 Å². The average Bonchev–Trinajstić information content (AvgIpc) is 3.03. The topological polar surface area (TPSA) is 27.7 Å². The van der Waals surface area contributed by atoms with E-state index in [2.05, 4.69) is 0 Å². The van der Waals surface area contributed by atoms with Crippen molar-refractivity contribution in [2.45, 2.75) is 45.5 Å². The Hall–Kier alpha value is -1.37. The summed E-state index contributed by atoms with van der Waals surface area (Å²) in [4.78, 5) is 1.10. The average molecular weight is 334 g/mol. The molecule has 1 aromatic carbocycles. The lowest BCUT2D eigenvalue weighted by atomic mass is 9.78. The maximum absolute atomic E-state index is 14.4. The van der Waals surface area contributed by atoms with E-state index < -0.39 is 18.3 Å². The number of halogens is 1. The van der Waals surface area contributed by atoms with Crippen molar-refractivity contribution in [1.29, 1.82) is 0 Å². The molecular weight excluding hydrogens is 314 g/mol. The monoisotopic (exact) mass is 334 g/mol. The third-order valence-electron chi connectivity index (χ3n) is 4.44. The summed E-state index contributed by atoms with van der Waals surface area (Å²) in [6, 6.07) is 8.75. The molecule has 1 aliphatic rings. The molecule has 0 unspecified atom stereocenters. The van der Waals surface area contributed by atoms with Crippen LogP contribution >= 0.6 is 11.3 Å². The van der Waals surface area contributed by atoms with E-state index in [4.69, 9.17) is 14.0 Å². The number of hydrogen-bond acceptors (Lipinski definition) is 4. The Morgan fingerprint density at radius 2 is 1.83 bits per heavy atom. The molecule has 23 heavy (non-hydrogen) atoms. The second kappa shape index (κ2) is 5.93. The molecule has 122 valence electrons. The Bertz CT molecular complexity index is 669. The lowest BCUT2D eigenvalue weighted by Crippen LogP contribution is -2.41. The van der Waals surface area contributed by atoms with E-state index in [1.165, 1.54) is 6.07 Å². The zero-order valence-electron chi connectivity index (χ0n) is 13.8. The van der Waals surface area contributed by atoms with Gasteiger partial charge in [0.05, 0.1) is 11.2 Å². The minimum atomic E-state index is -0.702. The summed E-state index contributed by atoms with van der Waals surface area (Å²) in [5.74, 6) is 0.114. The van der Waals surface area contributed by atoms with Crippen LogP contribution in [0, 0.1) is 5.82 Å². The van der Waals surface area contributed by atoms with Gasteiger partial charge in [-0.25, -0.2) is 4.39 Å². The second-order valence-corrected chi connectivity index (χ2v) is 7.67. The van der Waals surface area contributed by atoms with E-state index in [-0.39, 0.29) is 5.82 Å². The highest BCUT2D eigenvalue weighted by atomic mass is 32.1. The fraction of sp³-hybridized carbons (Fsp3) is 0.412. The Labute approximate surface area is 140 Å². The van der Waals surface area contributed by atoms with Gasteiger partial charge in [-0.15, -0.1) is 11.3 Å². The normalized spacial score (nSPS) is 19.1. The molecule has 0 bridgehead atoms. The first-order chi connectivity index (χ1) is 10.8. The summed E-state index contributed by atoms with van der Waals surface area (Å²) >= 11 is 1.61. The van der Waals surface area contributed by atoms with Crippen LogP contribution in [0.3, 0.4) is 0 Å². The van der Waals surface area contributed by atoms with Crippen LogP contribution in [-0.2, 0) is 15.9 Å². The van der Waals surface area contributed by atoms with Gasteiger partial charge < -0.3 is 14.0 Å².